The smallest absolute Gasteiger partial charge is 0.318 e. The summed E-state index contributed by atoms with van der Waals surface area (Å²) in [5.41, 5.74) is 2.24. The number of nitrogens with one attached hydrogen (secondary N) is 1. The Balaban J connectivity index is 1.37. The summed E-state index contributed by atoms with van der Waals surface area (Å²) in [5.74, 6) is 1.69. The van der Waals surface area contributed by atoms with Gasteiger partial charge in [-0.2, -0.15) is 4.98 Å². The summed E-state index contributed by atoms with van der Waals surface area (Å²) in [6, 6.07) is 17.4. The maximum Gasteiger partial charge on any atom is 0.318 e. The number of carbonyl (C=O) groups excluding carboxylic acids is 1. The summed E-state index contributed by atoms with van der Waals surface area (Å²) in [5, 5.41) is 7.13. The minimum absolute atomic E-state index is 0.106. The number of piperidine rings is 1. The molecule has 0 radical (unpaired) electrons. The number of amides is 2. The van der Waals surface area contributed by atoms with Crippen LogP contribution in [0.1, 0.15) is 48.1 Å². The molecule has 2 heterocycles. The van der Waals surface area contributed by atoms with Crippen LogP contribution in [0.5, 0.6) is 5.75 Å². The van der Waals surface area contributed by atoms with Gasteiger partial charge in [0.05, 0.1) is 6.04 Å². The maximum atomic E-state index is 12.8. The molecular weight excluding hydrogens is 380 g/mol. The second-order valence-electron chi connectivity index (χ2n) is 7.50. The number of aryl methyl sites for hydroxylation is 1. The van der Waals surface area contributed by atoms with Gasteiger partial charge >= 0.3 is 6.03 Å². The second-order valence-corrected chi connectivity index (χ2v) is 7.50. The summed E-state index contributed by atoms with van der Waals surface area (Å²) in [7, 11) is 0. The van der Waals surface area contributed by atoms with E-state index < -0.39 is 0 Å². The molecule has 1 aromatic heterocycles. The third-order valence-electron chi connectivity index (χ3n) is 5.22. The molecule has 1 aliphatic rings. The quantitative estimate of drug-likeness (QED) is 0.656. The van der Waals surface area contributed by atoms with E-state index in [1.54, 1.807) is 0 Å². The van der Waals surface area contributed by atoms with Crippen LogP contribution in [0, 0.1) is 6.92 Å². The first-order chi connectivity index (χ1) is 14.7. The van der Waals surface area contributed by atoms with Crippen molar-refractivity contribution >= 4 is 6.03 Å². The van der Waals surface area contributed by atoms with Crippen molar-refractivity contribution in [2.24, 2.45) is 0 Å². The highest BCUT2D eigenvalue weighted by Gasteiger charge is 2.31. The fraction of sp³-hybridized carbons (Fsp3) is 0.348. The Morgan fingerprint density at radius 1 is 1.17 bits per heavy atom. The van der Waals surface area contributed by atoms with Gasteiger partial charge in [0.1, 0.15) is 5.75 Å². The molecule has 2 aromatic carbocycles. The number of rotatable bonds is 6. The molecule has 1 unspecified atom stereocenters. The van der Waals surface area contributed by atoms with Crippen LogP contribution in [0.3, 0.4) is 0 Å². The van der Waals surface area contributed by atoms with E-state index in [2.05, 4.69) is 15.5 Å². The molecule has 4 rings (SSSR count). The molecule has 0 aliphatic carbocycles. The molecule has 0 spiro atoms. The Morgan fingerprint density at radius 2 is 1.97 bits per heavy atom. The predicted octanol–water partition coefficient (Wildman–Crippen LogP) is 4.39. The van der Waals surface area contributed by atoms with Crippen molar-refractivity contribution in [3.8, 4) is 5.75 Å². The highest BCUT2D eigenvalue weighted by Crippen LogP contribution is 2.29. The van der Waals surface area contributed by atoms with Gasteiger partial charge < -0.3 is 19.5 Å². The Bertz CT molecular complexity index is 956. The lowest BCUT2D eigenvalue weighted by atomic mass is 10.0. The number of aromatic nitrogens is 2. The first-order valence-corrected chi connectivity index (χ1v) is 10.3. The van der Waals surface area contributed by atoms with E-state index in [1.165, 1.54) is 5.56 Å². The SMILES string of the molecule is Cc1ccc(OCc2nc(C3CCCCN3C(=O)NCc3ccccc3)no2)cc1. The van der Waals surface area contributed by atoms with Crippen molar-refractivity contribution in [1.29, 1.82) is 0 Å². The van der Waals surface area contributed by atoms with Crippen LogP contribution in [0.2, 0.25) is 0 Å². The van der Waals surface area contributed by atoms with E-state index in [4.69, 9.17) is 9.26 Å². The standard InChI is InChI=1S/C23H26N4O3/c1-17-10-12-19(13-11-17)29-16-21-25-22(26-30-21)20-9-5-6-14-27(20)23(28)24-15-18-7-3-2-4-8-18/h2-4,7-8,10-13,20H,5-6,9,14-16H2,1H3,(H,24,28). The van der Waals surface area contributed by atoms with Crippen molar-refractivity contribution in [2.75, 3.05) is 6.54 Å². The monoisotopic (exact) mass is 406 g/mol. The molecule has 30 heavy (non-hydrogen) atoms. The summed E-state index contributed by atoms with van der Waals surface area (Å²) in [4.78, 5) is 19.1. The number of nitrogens with zero attached hydrogens (tertiary/aromatic N) is 3. The van der Waals surface area contributed by atoms with Crippen LogP contribution in [0.15, 0.2) is 59.1 Å². The van der Waals surface area contributed by atoms with Gasteiger partial charge in [0.15, 0.2) is 12.4 Å². The number of likely N-dealkylation sites (tertiary alicyclic amines) is 1. The number of benzene rings is 2. The normalized spacial score (nSPS) is 16.3. The molecule has 3 aromatic rings. The van der Waals surface area contributed by atoms with Crippen LogP contribution in [0.4, 0.5) is 4.79 Å². The van der Waals surface area contributed by atoms with Gasteiger partial charge in [-0.3, -0.25) is 0 Å². The number of carbonyl (C=O) groups is 1. The van der Waals surface area contributed by atoms with E-state index in [1.807, 2.05) is 66.4 Å². The zero-order valence-corrected chi connectivity index (χ0v) is 17.1. The van der Waals surface area contributed by atoms with Crippen molar-refractivity contribution in [1.82, 2.24) is 20.4 Å². The zero-order valence-electron chi connectivity index (χ0n) is 17.1. The van der Waals surface area contributed by atoms with E-state index >= 15 is 0 Å². The number of urea groups is 1. The molecule has 1 aliphatic heterocycles. The van der Waals surface area contributed by atoms with Crippen molar-refractivity contribution in [3.05, 3.63) is 77.4 Å². The molecule has 2 amide bonds. The fourth-order valence-corrected chi connectivity index (χ4v) is 3.56. The van der Waals surface area contributed by atoms with Crippen LogP contribution >= 0.6 is 0 Å². The number of hydrogen-bond donors (Lipinski definition) is 1. The Hall–Kier alpha value is -3.35. The van der Waals surface area contributed by atoms with Crippen molar-refractivity contribution in [3.63, 3.8) is 0 Å². The largest absolute Gasteiger partial charge is 0.484 e. The Kier molecular flexibility index (Phi) is 6.27. The first kappa shape index (κ1) is 19.9. The van der Waals surface area contributed by atoms with Crippen LogP contribution in [-0.2, 0) is 13.2 Å². The molecule has 7 nitrogen and oxygen atoms in total. The number of hydrogen-bond acceptors (Lipinski definition) is 5. The first-order valence-electron chi connectivity index (χ1n) is 10.3. The zero-order chi connectivity index (χ0) is 20.8. The van der Waals surface area contributed by atoms with Gasteiger partial charge in [-0.1, -0.05) is 53.2 Å². The van der Waals surface area contributed by atoms with Gasteiger partial charge in [-0.25, -0.2) is 4.79 Å². The molecule has 1 saturated heterocycles. The summed E-state index contributed by atoms with van der Waals surface area (Å²) >= 11 is 0. The van der Waals surface area contributed by atoms with Crippen LogP contribution < -0.4 is 10.1 Å². The average Bonchev–Trinajstić information content (AvgIpc) is 3.27. The fourth-order valence-electron chi connectivity index (χ4n) is 3.56. The lowest BCUT2D eigenvalue weighted by Crippen LogP contribution is -2.44. The predicted molar refractivity (Wildman–Crippen MR) is 112 cm³/mol. The van der Waals surface area contributed by atoms with Crippen molar-refractivity contribution < 1.29 is 14.1 Å². The highest BCUT2D eigenvalue weighted by molar-refractivity contribution is 5.74. The van der Waals surface area contributed by atoms with E-state index in [0.717, 1.165) is 30.6 Å². The molecule has 1 fully saturated rings. The molecule has 156 valence electrons. The van der Waals surface area contributed by atoms with E-state index in [9.17, 15) is 4.79 Å². The summed E-state index contributed by atoms with van der Waals surface area (Å²) in [6.45, 7) is 3.39. The second kappa shape index (κ2) is 9.43. The Labute approximate surface area is 176 Å². The molecule has 0 saturated carbocycles. The van der Waals surface area contributed by atoms with E-state index in [-0.39, 0.29) is 18.7 Å². The number of ether oxygens (including phenoxy) is 1. The van der Waals surface area contributed by atoms with Gasteiger partial charge in [-0.15, -0.1) is 0 Å². The van der Waals surface area contributed by atoms with Crippen molar-refractivity contribution in [2.45, 2.75) is 45.4 Å². The molecule has 7 heteroatoms. The molecule has 0 bridgehead atoms. The van der Waals surface area contributed by atoms with Crippen LogP contribution in [-0.4, -0.2) is 27.6 Å². The topological polar surface area (TPSA) is 80.5 Å². The van der Waals surface area contributed by atoms with Crippen LogP contribution in [0.25, 0.3) is 0 Å². The summed E-state index contributed by atoms with van der Waals surface area (Å²) in [6.07, 6.45) is 2.81. The average molecular weight is 406 g/mol. The Morgan fingerprint density at radius 3 is 2.77 bits per heavy atom. The molecular formula is C23H26N4O3. The summed E-state index contributed by atoms with van der Waals surface area (Å²) < 4.78 is 11.1. The third kappa shape index (κ3) is 4.97. The highest BCUT2D eigenvalue weighted by atomic mass is 16.5. The van der Waals surface area contributed by atoms with Gasteiger partial charge in [-0.05, 0) is 43.9 Å². The minimum Gasteiger partial charge on any atom is -0.484 e. The van der Waals surface area contributed by atoms with Gasteiger partial charge in [0.25, 0.3) is 5.89 Å². The molecule has 1 N–H and O–H groups in total. The molecule has 1 atom stereocenters. The maximum absolute atomic E-state index is 12.8. The third-order valence-corrected chi connectivity index (χ3v) is 5.22. The van der Waals surface area contributed by atoms with Gasteiger partial charge in [0, 0.05) is 13.1 Å². The van der Waals surface area contributed by atoms with E-state index in [0.29, 0.717) is 24.8 Å². The minimum atomic E-state index is -0.189. The van der Waals surface area contributed by atoms with Gasteiger partial charge in [0.2, 0.25) is 0 Å². The lowest BCUT2D eigenvalue weighted by molar-refractivity contribution is 0.145. The lowest BCUT2D eigenvalue weighted by Gasteiger charge is -2.33.